The van der Waals surface area contributed by atoms with Crippen molar-refractivity contribution in [1.29, 1.82) is 0 Å². The van der Waals surface area contributed by atoms with Gasteiger partial charge in [0.1, 0.15) is 17.4 Å². The highest BCUT2D eigenvalue weighted by atomic mass is 16.5. The Bertz CT molecular complexity index is 750. The average molecular weight is 255 g/mol. The number of H-pyrrole nitrogens is 1. The Hall–Kier alpha value is -2.76. The summed E-state index contributed by atoms with van der Waals surface area (Å²) in [4.78, 5) is 11.7. The molecule has 2 heterocycles. The fourth-order valence-electron chi connectivity index (χ4n) is 1.90. The van der Waals surface area contributed by atoms with E-state index >= 15 is 0 Å². The number of fused-ring (bicyclic) bond motifs is 1. The van der Waals surface area contributed by atoms with E-state index in [2.05, 4.69) is 15.0 Å². The van der Waals surface area contributed by atoms with E-state index in [4.69, 9.17) is 16.2 Å². The van der Waals surface area contributed by atoms with Crippen LogP contribution in [-0.4, -0.2) is 22.1 Å². The largest absolute Gasteiger partial charge is 0.497 e. The van der Waals surface area contributed by atoms with Crippen LogP contribution >= 0.6 is 0 Å². The minimum atomic E-state index is 0.434. The topological polar surface area (TPSA) is 103 Å². The molecule has 0 bridgehead atoms. The Morgan fingerprint density at radius 2 is 1.95 bits per heavy atom. The first-order valence-electron chi connectivity index (χ1n) is 5.73. The summed E-state index contributed by atoms with van der Waals surface area (Å²) in [5.74, 6) is 1.80. The van der Waals surface area contributed by atoms with Gasteiger partial charge in [0.2, 0.25) is 0 Å². The lowest BCUT2D eigenvalue weighted by atomic mass is 10.1. The number of imidazole rings is 1. The van der Waals surface area contributed by atoms with Crippen LogP contribution in [0.5, 0.6) is 5.75 Å². The molecule has 96 valence electrons. The lowest BCUT2D eigenvalue weighted by Crippen LogP contribution is -1.93. The lowest BCUT2D eigenvalue weighted by Gasteiger charge is -2.05. The maximum absolute atomic E-state index is 5.97. The van der Waals surface area contributed by atoms with Crippen LogP contribution in [-0.2, 0) is 0 Å². The third-order valence-electron chi connectivity index (χ3n) is 2.88. The van der Waals surface area contributed by atoms with Gasteiger partial charge in [-0.15, -0.1) is 0 Å². The third kappa shape index (κ3) is 1.93. The molecule has 0 fully saturated rings. The number of nitrogens with zero attached hydrogens (tertiary/aromatic N) is 2. The van der Waals surface area contributed by atoms with Gasteiger partial charge in [0, 0.05) is 11.3 Å². The first kappa shape index (κ1) is 11.3. The van der Waals surface area contributed by atoms with Crippen LogP contribution in [0.3, 0.4) is 0 Å². The van der Waals surface area contributed by atoms with Gasteiger partial charge in [-0.3, -0.25) is 0 Å². The highest BCUT2D eigenvalue weighted by Crippen LogP contribution is 2.29. The van der Waals surface area contributed by atoms with Crippen molar-refractivity contribution in [2.24, 2.45) is 0 Å². The normalized spacial score (nSPS) is 10.8. The molecule has 0 atom stereocenters. The van der Waals surface area contributed by atoms with Gasteiger partial charge < -0.3 is 21.2 Å². The van der Waals surface area contributed by atoms with Crippen LogP contribution in [0.1, 0.15) is 0 Å². The van der Waals surface area contributed by atoms with E-state index in [9.17, 15) is 0 Å². The van der Waals surface area contributed by atoms with E-state index in [-0.39, 0.29) is 0 Å². The first-order valence-corrected chi connectivity index (χ1v) is 5.73. The van der Waals surface area contributed by atoms with Gasteiger partial charge in [-0.1, -0.05) is 0 Å². The molecule has 0 aliphatic rings. The number of methoxy groups -OCH3 is 1. The highest BCUT2D eigenvalue weighted by Gasteiger charge is 2.10. The van der Waals surface area contributed by atoms with Crippen molar-refractivity contribution in [2.45, 2.75) is 0 Å². The number of aromatic amines is 1. The van der Waals surface area contributed by atoms with Crippen molar-refractivity contribution >= 4 is 22.7 Å². The average Bonchev–Trinajstić information content (AvgIpc) is 2.82. The predicted octanol–water partition coefficient (Wildman–Crippen LogP) is 1.80. The van der Waals surface area contributed by atoms with Crippen molar-refractivity contribution in [1.82, 2.24) is 15.0 Å². The van der Waals surface area contributed by atoms with Crippen LogP contribution in [0.2, 0.25) is 0 Å². The van der Waals surface area contributed by atoms with Crippen LogP contribution in [0, 0.1) is 0 Å². The summed E-state index contributed by atoms with van der Waals surface area (Å²) in [5.41, 5.74) is 14.4. The smallest absolute Gasteiger partial charge is 0.180 e. The fourth-order valence-corrected chi connectivity index (χ4v) is 1.90. The summed E-state index contributed by atoms with van der Waals surface area (Å²) < 4.78 is 5.19. The van der Waals surface area contributed by atoms with Crippen molar-refractivity contribution in [3.63, 3.8) is 0 Å². The number of aromatic nitrogens is 3. The van der Waals surface area contributed by atoms with Crippen LogP contribution < -0.4 is 16.2 Å². The molecule has 2 aromatic heterocycles. The molecule has 19 heavy (non-hydrogen) atoms. The molecule has 0 radical (unpaired) electrons. The second kappa shape index (κ2) is 4.16. The van der Waals surface area contributed by atoms with Crippen LogP contribution in [0.4, 0.5) is 11.5 Å². The Morgan fingerprint density at radius 1 is 1.11 bits per heavy atom. The summed E-state index contributed by atoms with van der Waals surface area (Å²) >= 11 is 0. The SMILES string of the molecule is COc1ccc(N)c(-c2nc3nc(N)ccc3[nH]2)c1. The van der Waals surface area contributed by atoms with Gasteiger partial charge in [0.25, 0.3) is 0 Å². The van der Waals surface area contributed by atoms with Gasteiger partial charge in [-0.25, -0.2) is 9.97 Å². The molecule has 6 heteroatoms. The molecule has 0 unspecified atom stereocenters. The molecule has 0 aliphatic heterocycles. The quantitative estimate of drug-likeness (QED) is 0.606. The molecule has 3 aromatic rings. The van der Waals surface area contributed by atoms with E-state index in [1.54, 1.807) is 25.3 Å². The lowest BCUT2D eigenvalue weighted by molar-refractivity contribution is 0.415. The molecule has 1 aromatic carbocycles. The summed E-state index contributed by atoms with van der Waals surface area (Å²) in [6, 6.07) is 8.97. The molecule has 0 spiro atoms. The number of rotatable bonds is 2. The number of nitrogens with one attached hydrogen (secondary N) is 1. The van der Waals surface area contributed by atoms with Crippen LogP contribution in [0.25, 0.3) is 22.6 Å². The molecular formula is C13H13N5O. The van der Waals surface area contributed by atoms with E-state index in [0.717, 1.165) is 16.8 Å². The minimum Gasteiger partial charge on any atom is -0.497 e. The highest BCUT2D eigenvalue weighted by molar-refractivity contribution is 5.81. The summed E-state index contributed by atoms with van der Waals surface area (Å²) in [6.45, 7) is 0. The zero-order valence-corrected chi connectivity index (χ0v) is 10.3. The van der Waals surface area contributed by atoms with Crippen molar-refractivity contribution < 1.29 is 4.74 Å². The van der Waals surface area contributed by atoms with E-state index in [1.807, 2.05) is 12.1 Å². The maximum Gasteiger partial charge on any atom is 0.180 e. The second-order valence-electron chi connectivity index (χ2n) is 4.15. The first-order chi connectivity index (χ1) is 9.17. The number of hydrogen-bond acceptors (Lipinski definition) is 5. The number of ether oxygens (including phenoxy) is 1. The molecular weight excluding hydrogens is 242 g/mol. The number of anilines is 2. The molecule has 0 saturated heterocycles. The molecule has 0 saturated carbocycles. The number of nitrogen functional groups attached to an aromatic ring is 2. The summed E-state index contributed by atoms with van der Waals surface area (Å²) in [7, 11) is 1.61. The van der Waals surface area contributed by atoms with E-state index in [1.165, 1.54) is 0 Å². The van der Waals surface area contributed by atoms with Crippen molar-refractivity contribution in [3.8, 4) is 17.1 Å². The fraction of sp³-hybridized carbons (Fsp3) is 0.0769. The second-order valence-corrected chi connectivity index (χ2v) is 4.15. The Labute approximate surface area is 109 Å². The van der Waals surface area contributed by atoms with E-state index in [0.29, 0.717) is 23.0 Å². The van der Waals surface area contributed by atoms with Gasteiger partial charge in [0.05, 0.1) is 12.6 Å². The molecule has 3 rings (SSSR count). The summed E-state index contributed by atoms with van der Waals surface area (Å²) in [5, 5.41) is 0. The number of nitrogens with two attached hydrogens (primary N) is 2. The Kier molecular flexibility index (Phi) is 2.49. The molecule has 5 N–H and O–H groups in total. The predicted molar refractivity (Wildman–Crippen MR) is 74.7 cm³/mol. The molecule has 0 amide bonds. The van der Waals surface area contributed by atoms with Gasteiger partial charge >= 0.3 is 0 Å². The molecule has 0 aliphatic carbocycles. The van der Waals surface area contributed by atoms with E-state index < -0.39 is 0 Å². The monoisotopic (exact) mass is 255 g/mol. The third-order valence-corrected chi connectivity index (χ3v) is 2.88. The van der Waals surface area contributed by atoms with Gasteiger partial charge in [0.15, 0.2) is 5.65 Å². The number of hydrogen-bond donors (Lipinski definition) is 3. The number of benzene rings is 1. The minimum absolute atomic E-state index is 0.434. The Morgan fingerprint density at radius 3 is 2.74 bits per heavy atom. The van der Waals surface area contributed by atoms with Gasteiger partial charge in [-0.05, 0) is 30.3 Å². The Balaban J connectivity index is 2.18. The van der Waals surface area contributed by atoms with Crippen molar-refractivity contribution in [2.75, 3.05) is 18.6 Å². The maximum atomic E-state index is 5.97. The molecule has 6 nitrogen and oxygen atoms in total. The summed E-state index contributed by atoms with van der Waals surface area (Å²) in [6.07, 6.45) is 0. The van der Waals surface area contributed by atoms with Crippen LogP contribution in [0.15, 0.2) is 30.3 Å². The standard InChI is InChI=1S/C13H13N5O/c1-19-7-2-3-9(14)8(6-7)12-16-10-4-5-11(15)17-13(10)18-12/h2-6H,14H2,1H3,(H3,15,16,17,18). The van der Waals surface area contributed by atoms with Crippen molar-refractivity contribution in [3.05, 3.63) is 30.3 Å². The number of pyridine rings is 1. The van der Waals surface area contributed by atoms with Gasteiger partial charge in [-0.2, -0.15) is 0 Å². The zero-order valence-electron chi connectivity index (χ0n) is 10.3. The zero-order chi connectivity index (χ0) is 13.4.